The van der Waals surface area contributed by atoms with Crippen LogP contribution in [0.1, 0.15) is 42.4 Å². The monoisotopic (exact) mass is 488 g/mol. The van der Waals surface area contributed by atoms with E-state index >= 15 is 0 Å². The average molecular weight is 489 g/mol. The van der Waals surface area contributed by atoms with Crippen molar-refractivity contribution in [1.29, 1.82) is 0 Å². The molecule has 0 saturated heterocycles. The molecule has 0 amide bonds. The van der Waals surface area contributed by atoms with Crippen molar-refractivity contribution in [3.8, 4) is 0 Å². The molecule has 4 aromatic rings. The van der Waals surface area contributed by atoms with Gasteiger partial charge in [0.2, 0.25) is 0 Å². The molecule has 0 spiro atoms. The van der Waals surface area contributed by atoms with Crippen molar-refractivity contribution < 1.29 is 4.74 Å². The lowest BCUT2D eigenvalue weighted by molar-refractivity contribution is 0.186. The van der Waals surface area contributed by atoms with Gasteiger partial charge in [-0.15, -0.1) is 11.3 Å². The zero-order valence-electron chi connectivity index (χ0n) is 18.0. The number of hydrogen-bond acceptors (Lipinski definition) is 6. The van der Waals surface area contributed by atoms with E-state index in [0.29, 0.717) is 39.1 Å². The number of halogens is 2. The summed E-state index contributed by atoms with van der Waals surface area (Å²) in [7, 11) is 1.65. The second kappa shape index (κ2) is 9.67. The third-order valence-electron chi connectivity index (χ3n) is 5.04. The smallest absolute Gasteiger partial charge is 0.292 e. The first-order valence-electron chi connectivity index (χ1n) is 10.3. The predicted octanol–water partition coefficient (Wildman–Crippen LogP) is 5.99. The van der Waals surface area contributed by atoms with Crippen molar-refractivity contribution in [2.75, 3.05) is 7.11 Å². The van der Waals surface area contributed by atoms with E-state index in [9.17, 15) is 4.79 Å². The van der Waals surface area contributed by atoms with Gasteiger partial charge in [-0.2, -0.15) is 9.78 Å². The molecule has 0 bridgehead atoms. The average Bonchev–Trinajstić information content (AvgIpc) is 3.13. The number of thiophene rings is 1. The highest BCUT2D eigenvalue weighted by Gasteiger charge is 2.19. The van der Waals surface area contributed by atoms with Crippen LogP contribution in [-0.2, 0) is 17.8 Å². The summed E-state index contributed by atoms with van der Waals surface area (Å²) in [5.41, 5.74) is 3.05. The van der Waals surface area contributed by atoms with Crippen molar-refractivity contribution in [2.24, 2.45) is 5.10 Å². The number of rotatable bonds is 7. The predicted molar refractivity (Wildman–Crippen MR) is 133 cm³/mol. The van der Waals surface area contributed by atoms with E-state index in [1.165, 1.54) is 16.0 Å². The van der Waals surface area contributed by atoms with Gasteiger partial charge in [0.25, 0.3) is 5.56 Å². The fourth-order valence-electron chi connectivity index (χ4n) is 3.54. The molecule has 0 aliphatic carbocycles. The van der Waals surface area contributed by atoms with Gasteiger partial charge in [0.1, 0.15) is 15.4 Å². The summed E-state index contributed by atoms with van der Waals surface area (Å²) in [6.45, 7) is 4.46. The van der Waals surface area contributed by atoms with E-state index in [-0.39, 0.29) is 5.56 Å². The molecular formula is C23H22Cl2N4O2S. The minimum Gasteiger partial charge on any atom is -0.380 e. The second-order valence-corrected chi connectivity index (χ2v) is 9.30. The van der Waals surface area contributed by atoms with E-state index in [4.69, 9.17) is 32.9 Å². The van der Waals surface area contributed by atoms with Crippen molar-refractivity contribution in [3.05, 3.63) is 67.3 Å². The van der Waals surface area contributed by atoms with E-state index < -0.39 is 0 Å². The maximum Gasteiger partial charge on any atom is 0.292 e. The zero-order chi connectivity index (χ0) is 22.8. The highest BCUT2D eigenvalue weighted by atomic mass is 35.5. The maximum atomic E-state index is 13.5. The van der Waals surface area contributed by atoms with Crippen LogP contribution in [0.3, 0.4) is 0 Å². The van der Waals surface area contributed by atoms with Crippen LogP contribution in [0.15, 0.2) is 34.2 Å². The van der Waals surface area contributed by atoms with E-state index in [1.807, 2.05) is 13.0 Å². The van der Waals surface area contributed by atoms with E-state index in [2.05, 4.69) is 17.0 Å². The first-order valence-corrected chi connectivity index (χ1v) is 11.8. The number of ether oxygens (including phenoxy) is 1. The van der Waals surface area contributed by atoms with Gasteiger partial charge in [-0.25, -0.2) is 9.97 Å². The van der Waals surface area contributed by atoms with Gasteiger partial charge in [0.05, 0.1) is 28.4 Å². The quantitative estimate of drug-likeness (QED) is 0.299. The number of aryl methyl sites for hydroxylation is 2. The summed E-state index contributed by atoms with van der Waals surface area (Å²) in [5.74, 6) is 0.615. The summed E-state index contributed by atoms with van der Waals surface area (Å²) in [5, 5.41) is 6.25. The molecule has 0 unspecified atom stereocenters. The molecule has 3 heterocycles. The lowest BCUT2D eigenvalue weighted by atomic mass is 10.1. The lowest BCUT2D eigenvalue weighted by Gasteiger charge is -2.08. The number of pyridine rings is 1. The van der Waals surface area contributed by atoms with E-state index in [0.717, 1.165) is 39.9 Å². The Bertz CT molecular complexity index is 1390. The van der Waals surface area contributed by atoms with Gasteiger partial charge in [0.15, 0.2) is 0 Å². The van der Waals surface area contributed by atoms with Crippen molar-refractivity contribution in [1.82, 2.24) is 14.6 Å². The van der Waals surface area contributed by atoms with E-state index in [1.54, 1.807) is 31.5 Å². The van der Waals surface area contributed by atoms with Crippen LogP contribution in [-0.4, -0.2) is 28.0 Å². The van der Waals surface area contributed by atoms with Crippen molar-refractivity contribution in [3.63, 3.8) is 0 Å². The first kappa shape index (κ1) is 22.9. The molecule has 0 saturated carbocycles. The largest absolute Gasteiger partial charge is 0.380 e. The van der Waals surface area contributed by atoms with Crippen molar-refractivity contribution in [2.45, 2.75) is 39.7 Å². The molecule has 0 radical (unpaired) electrons. The fraction of sp³-hybridized carbons (Fsp3) is 0.304. The Morgan fingerprint density at radius 1 is 1.22 bits per heavy atom. The molecule has 32 heavy (non-hydrogen) atoms. The Kier molecular flexibility index (Phi) is 6.90. The number of unbranched alkanes of at least 4 members (excludes halogenated alkanes) is 1. The molecule has 0 fully saturated rings. The maximum absolute atomic E-state index is 13.5. The Hall–Kier alpha value is -2.32. The van der Waals surface area contributed by atoms with Crippen LogP contribution in [0, 0.1) is 6.92 Å². The molecule has 0 atom stereocenters. The first-order chi connectivity index (χ1) is 15.4. The van der Waals surface area contributed by atoms with Crippen LogP contribution in [0.5, 0.6) is 0 Å². The Morgan fingerprint density at radius 2 is 2.03 bits per heavy atom. The summed E-state index contributed by atoms with van der Waals surface area (Å²) in [6, 6.07) is 7.19. The second-order valence-electron chi connectivity index (χ2n) is 7.48. The minimum atomic E-state index is -0.207. The molecule has 1 aromatic carbocycles. The summed E-state index contributed by atoms with van der Waals surface area (Å²) in [4.78, 5) is 23.8. The third-order valence-corrected chi connectivity index (χ3v) is 6.84. The topological polar surface area (TPSA) is 69.4 Å². The van der Waals surface area contributed by atoms with Gasteiger partial charge in [0, 0.05) is 24.6 Å². The zero-order valence-corrected chi connectivity index (χ0v) is 20.3. The third kappa shape index (κ3) is 4.43. The molecule has 0 aliphatic rings. The number of methoxy groups -OCH3 is 1. The molecule has 0 aliphatic heterocycles. The van der Waals surface area contributed by atoms with Gasteiger partial charge < -0.3 is 4.74 Å². The highest BCUT2D eigenvalue weighted by Crippen LogP contribution is 2.33. The Balaban J connectivity index is 1.93. The molecular weight excluding hydrogens is 467 g/mol. The molecule has 4 rings (SSSR count). The molecule has 3 aromatic heterocycles. The molecule has 6 nitrogen and oxygen atoms in total. The van der Waals surface area contributed by atoms with Crippen LogP contribution in [0.2, 0.25) is 10.0 Å². The summed E-state index contributed by atoms with van der Waals surface area (Å²) in [6.07, 6.45) is 4.10. The fourth-order valence-corrected chi connectivity index (χ4v) is 4.98. The van der Waals surface area contributed by atoms with Crippen LogP contribution in [0.25, 0.3) is 20.4 Å². The van der Waals surface area contributed by atoms with Crippen molar-refractivity contribution >= 4 is 61.2 Å². The lowest BCUT2D eigenvalue weighted by Crippen LogP contribution is -2.21. The Labute approximate surface area is 199 Å². The summed E-state index contributed by atoms with van der Waals surface area (Å²) < 4.78 is 7.30. The number of aromatic nitrogens is 3. The molecule has 0 N–H and O–H groups in total. The van der Waals surface area contributed by atoms with Crippen LogP contribution < -0.4 is 5.56 Å². The van der Waals surface area contributed by atoms with Crippen LogP contribution in [0.4, 0.5) is 0 Å². The molecule has 9 heteroatoms. The number of nitrogens with zero attached hydrogens (tertiary/aromatic N) is 4. The van der Waals surface area contributed by atoms with Crippen LogP contribution >= 0.6 is 34.5 Å². The SMILES string of the molecule is CCCCc1nc2c(sc3nc(C)cc(COC)c32)c(=O)n1/N=C\c1ccc(Cl)c(Cl)c1. The number of fused-ring (bicyclic) bond motifs is 3. The number of benzene rings is 1. The van der Waals surface area contributed by atoms with Gasteiger partial charge >= 0.3 is 0 Å². The highest BCUT2D eigenvalue weighted by molar-refractivity contribution is 7.25. The normalized spacial score (nSPS) is 11.9. The van der Waals surface area contributed by atoms with Gasteiger partial charge in [-0.3, -0.25) is 4.79 Å². The van der Waals surface area contributed by atoms with Gasteiger partial charge in [-0.1, -0.05) is 42.6 Å². The summed E-state index contributed by atoms with van der Waals surface area (Å²) >= 11 is 13.5. The standard InChI is InChI=1S/C23H22Cl2N4O2S/c1-4-5-6-18-28-20-19-15(12-31-3)9-13(2)27-22(19)32-21(20)23(30)29(18)26-11-14-7-8-16(24)17(25)10-14/h7-11H,4-6,12H2,1-3H3/b26-11-. The van der Waals surface area contributed by atoms with Gasteiger partial charge in [-0.05, 0) is 42.7 Å². The molecule has 166 valence electrons. The number of hydrogen-bond donors (Lipinski definition) is 0. The minimum absolute atomic E-state index is 0.207. The Morgan fingerprint density at radius 3 is 2.75 bits per heavy atom.